The number of aromatic nitrogens is 10. The summed E-state index contributed by atoms with van der Waals surface area (Å²) in [6, 6.07) is 16.5. The average Bonchev–Trinajstić information content (AvgIpc) is 1.61. The molecule has 21 rings (SSSR count). The molecule has 0 amide bonds. The van der Waals surface area contributed by atoms with Crippen molar-refractivity contribution in [2.75, 3.05) is 155 Å². The molecule has 26 nitrogen and oxygen atoms in total. The molecule has 3 saturated carbocycles. The molecular formula is C86H109N21O5S. The molecule has 8 aromatic rings. The van der Waals surface area contributed by atoms with Crippen molar-refractivity contribution in [1.29, 1.82) is 0 Å². The lowest BCUT2D eigenvalue weighted by molar-refractivity contribution is 0.0115. The highest BCUT2D eigenvalue weighted by atomic mass is 32.1. The van der Waals surface area contributed by atoms with Gasteiger partial charge in [-0.2, -0.15) is 4.98 Å². The number of hydrogen-bond acceptors (Lipinski definition) is 26. The molecule has 594 valence electrons. The van der Waals surface area contributed by atoms with Gasteiger partial charge in [0, 0.05) is 156 Å². The zero-order valence-electron chi connectivity index (χ0n) is 65.5. The number of fused-ring (bicyclic) bond motifs is 11. The number of ketones is 2. The van der Waals surface area contributed by atoms with E-state index < -0.39 is 0 Å². The van der Waals surface area contributed by atoms with Crippen molar-refractivity contribution in [1.82, 2.24) is 69.4 Å². The van der Waals surface area contributed by atoms with E-state index in [0.717, 1.165) is 224 Å². The molecule has 27 heteroatoms. The molecule has 8 aromatic heterocycles. The predicted octanol–water partition coefficient (Wildman–Crippen LogP) is 13.2. The standard InChI is InChI=1S/C29H37N7O.C29H36N6O2S.C28H36N8O2/c1-2-8-29(9-3-1)10-11-30-24-18-21-19-32-28(34-27(21)26(24)29)33-25-5-4-23(20-31-25)35-12-6-22(7-13-35)36-14-16-37-17-15-36;36-22-6-11-29(9-2-1-3-10-29)25-26-23(38-27(22)25)19-31-28(33-26)32-24-5-4-21(18-30-24)34-12-7-20(8-13-34)35-14-16-37-17-15-35;37-24-19-31-28(8-2-1-3-9-28)36-23(24)16-20-17-30-27(33-26(20)36)32-25-5-4-22(18-29-25)34-10-6-21(7-11-34)35-12-14-38-15-13-35/h4-5,11,19-20,22H,1-3,6-10,12-18H2,(H,31,32,33,34);4-5,18-20H,1-3,6-17H2,(H,30,31,32,33);4-5,16-18,21,31H,1-3,6-15,19H2,(H,29,30,32,33). The molecule has 6 saturated heterocycles. The third-order valence-corrected chi connectivity index (χ3v) is 28.5. The van der Waals surface area contributed by atoms with Gasteiger partial charge in [0.25, 0.3) is 0 Å². The highest BCUT2D eigenvalue weighted by Crippen LogP contribution is 2.56. The Morgan fingerprint density at radius 3 is 1.47 bits per heavy atom. The quantitative estimate of drug-likeness (QED) is 0.0886. The molecule has 8 aliphatic heterocycles. The van der Waals surface area contributed by atoms with Gasteiger partial charge in [-0.3, -0.25) is 34.6 Å². The van der Waals surface area contributed by atoms with Crippen LogP contribution in [0.2, 0.25) is 0 Å². The van der Waals surface area contributed by atoms with Crippen molar-refractivity contribution in [3.63, 3.8) is 0 Å². The molecule has 9 fully saturated rings. The van der Waals surface area contributed by atoms with E-state index in [0.29, 0.717) is 54.8 Å². The molecule has 16 heterocycles. The van der Waals surface area contributed by atoms with E-state index in [1.807, 2.05) is 55.4 Å². The number of nitrogens with zero attached hydrogens (tertiary/aromatic N) is 17. The maximum absolute atomic E-state index is 12.8. The normalized spacial score (nSPS) is 23.0. The number of ether oxygens (including phenoxy) is 3. The summed E-state index contributed by atoms with van der Waals surface area (Å²) in [7, 11) is 0. The van der Waals surface area contributed by atoms with E-state index >= 15 is 0 Å². The molecule has 0 atom stereocenters. The Hall–Kier alpha value is -8.54. The van der Waals surface area contributed by atoms with Crippen molar-refractivity contribution in [2.45, 2.75) is 190 Å². The number of rotatable bonds is 12. The molecule has 4 N–H and O–H groups in total. The average molecular weight is 1550 g/mol. The zero-order valence-corrected chi connectivity index (χ0v) is 66.3. The second kappa shape index (κ2) is 33.0. The number of nitrogens with one attached hydrogen (secondary N) is 4. The maximum atomic E-state index is 12.8. The number of Topliss-reactive ketones (excluding diaryl/α,β-unsaturated/α-hetero) is 2. The fourth-order valence-electron chi connectivity index (χ4n) is 21.2. The van der Waals surface area contributed by atoms with E-state index in [1.165, 1.54) is 137 Å². The minimum atomic E-state index is -0.232. The SMILES string of the molecule is C1=NC2=C(c3nc(Nc4ccc(N5CCC(N6CCOCC6)CC5)cn4)ncc3C2)C2(C1)CCCCC2.O=C1CCC2(CCCCC2)c2c1sc1cnc(Nc3ccc(N4CCC(N5CCOCC5)CC4)cn3)nc21.O=C1CNC2(CCCCC2)n2c1cc1cnc(Nc3ccc(N4CCC(N5CCOCC5)CC4)cn3)nc12. The number of carbonyl (C=O) groups excluding carboxylic acids is 2. The second-order valence-corrected chi connectivity index (χ2v) is 34.8. The van der Waals surface area contributed by atoms with Gasteiger partial charge in [-0.25, -0.2) is 39.9 Å². The van der Waals surface area contributed by atoms with Crippen LogP contribution in [0.15, 0.2) is 90.3 Å². The molecular weight excluding hydrogens is 1440 g/mol. The summed E-state index contributed by atoms with van der Waals surface area (Å²) in [6.45, 7) is 18.3. The lowest BCUT2D eigenvalue weighted by Gasteiger charge is -2.43. The Labute approximate surface area is 666 Å². The van der Waals surface area contributed by atoms with Gasteiger partial charge in [-0.15, -0.1) is 11.3 Å². The van der Waals surface area contributed by atoms with Gasteiger partial charge in [0.15, 0.2) is 11.6 Å². The van der Waals surface area contributed by atoms with Crippen LogP contribution < -0.4 is 36.0 Å². The van der Waals surface area contributed by atoms with Crippen LogP contribution in [0.5, 0.6) is 0 Å². The van der Waals surface area contributed by atoms with E-state index in [-0.39, 0.29) is 28.1 Å². The van der Waals surface area contributed by atoms with Crippen molar-refractivity contribution >= 4 is 108 Å². The van der Waals surface area contributed by atoms with Crippen LogP contribution in [-0.2, 0) is 31.7 Å². The molecule has 0 aromatic carbocycles. The minimum Gasteiger partial charge on any atom is -0.379 e. The summed E-state index contributed by atoms with van der Waals surface area (Å²) >= 11 is 1.58. The third-order valence-electron chi connectivity index (χ3n) is 27.3. The number of pyridine rings is 3. The van der Waals surface area contributed by atoms with Crippen molar-refractivity contribution < 1.29 is 23.8 Å². The Morgan fingerprint density at radius 2 is 0.956 bits per heavy atom. The number of morpholine rings is 3. The number of carbonyl (C=O) groups is 2. The van der Waals surface area contributed by atoms with E-state index in [9.17, 15) is 9.59 Å². The lowest BCUT2D eigenvalue weighted by Crippen LogP contribution is -2.55. The van der Waals surface area contributed by atoms with E-state index in [4.69, 9.17) is 44.1 Å². The van der Waals surface area contributed by atoms with Crippen LogP contribution in [0, 0.1) is 5.41 Å². The van der Waals surface area contributed by atoms with Crippen molar-refractivity contribution in [3.8, 4) is 0 Å². The first-order valence-electron chi connectivity index (χ1n) is 42.7. The molecule has 3 spiro atoms. The minimum absolute atomic E-state index is 0.111. The van der Waals surface area contributed by atoms with Gasteiger partial charge in [0.2, 0.25) is 17.8 Å². The topological polar surface area (TPSA) is 263 Å². The number of aliphatic imine (C=N–C) groups is 1. The van der Waals surface area contributed by atoms with Gasteiger partial charge in [-0.1, -0.05) is 44.9 Å². The Bertz CT molecular complexity index is 4540. The number of piperidine rings is 3. The molecule has 0 radical (unpaired) electrons. The first-order valence-corrected chi connectivity index (χ1v) is 43.5. The first-order chi connectivity index (χ1) is 55.6. The molecule has 113 heavy (non-hydrogen) atoms. The highest BCUT2D eigenvalue weighted by molar-refractivity contribution is 7.21. The highest BCUT2D eigenvalue weighted by Gasteiger charge is 2.46. The van der Waals surface area contributed by atoms with Crippen LogP contribution in [0.25, 0.3) is 26.8 Å². The smallest absolute Gasteiger partial charge is 0.230 e. The van der Waals surface area contributed by atoms with Crippen molar-refractivity contribution in [2.24, 2.45) is 10.4 Å². The summed E-state index contributed by atoms with van der Waals surface area (Å²) in [5.41, 5.74) is 12.3. The molecule has 5 aliphatic carbocycles. The molecule has 0 bridgehead atoms. The lowest BCUT2D eigenvalue weighted by atomic mass is 9.64. The van der Waals surface area contributed by atoms with Gasteiger partial charge in [0.05, 0.1) is 126 Å². The fraction of sp³-hybridized carbons (Fsp3) is 0.581. The maximum Gasteiger partial charge on any atom is 0.230 e. The van der Waals surface area contributed by atoms with Gasteiger partial charge in [0.1, 0.15) is 23.1 Å². The summed E-state index contributed by atoms with van der Waals surface area (Å²) in [6.07, 6.45) is 42.5. The van der Waals surface area contributed by atoms with Crippen molar-refractivity contribution in [3.05, 3.63) is 113 Å². The van der Waals surface area contributed by atoms with Crippen LogP contribution in [0.3, 0.4) is 0 Å². The Morgan fingerprint density at radius 1 is 0.478 bits per heavy atom. The number of thiophene rings is 1. The molecule has 13 aliphatic rings. The third kappa shape index (κ3) is 15.6. The zero-order chi connectivity index (χ0) is 75.7. The molecule has 0 unspecified atom stereocenters. The summed E-state index contributed by atoms with van der Waals surface area (Å²) in [5.74, 6) is 4.29. The van der Waals surface area contributed by atoms with Gasteiger partial charge < -0.3 is 49.4 Å². The monoisotopic (exact) mass is 1550 g/mol. The summed E-state index contributed by atoms with van der Waals surface area (Å²) < 4.78 is 19.7. The van der Waals surface area contributed by atoms with Gasteiger partial charge >= 0.3 is 0 Å². The predicted molar refractivity (Wildman–Crippen MR) is 443 cm³/mol. The van der Waals surface area contributed by atoms with Crippen LogP contribution in [0.1, 0.15) is 191 Å². The van der Waals surface area contributed by atoms with Gasteiger partial charge in [-0.05, 0) is 151 Å². The number of hydrogen-bond donors (Lipinski definition) is 4. The van der Waals surface area contributed by atoms with Crippen LogP contribution in [-0.4, -0.2) is 225 Å². The van der Waals surface area contributed by atoms with Crippen LogP contribution >= 0.6 is 11.3 Å². The fourth-order valence-corrected chi connectivity index (χ4v) is 22.4. The van der Waals surface area contributed by atoms with E-state index in [1.54, 1.807) is 11.3 Å². The second-order valence-electron chi connectivity index (χ2n) is 33.8. The number of allylic oxidation sites excluding steroid dienone is 2. The summed E-state index contributed by atoms with van der Waals surface area (Å²) in [5, 5.41) is 14.4. The first kappa shape index (κ1) is 74.6. The summed E-state index contributed by atoms with van der Waals surface area (Å²) in [4.78, 5) is 89.2. The Kier molecular flexibility index (Phi) is 21.8. The van der Waals surface area contributed by atoms with E-state index in [2.05, 4.69) is 106 Å². The number of anilines is 9. The largest absolute Gasteiger partial charge is 0.379 e. The Balaban J connectivity index is 0.000000114. The van der Waals surface area contributed by atoms with Crippen LogP contribution in [0.4, 0.5) is 52.4 Å².